The van der Waals surface area contributed by atoms with Crippen LogP contribution in [0.2, 0.25) is 18.1 Å². The van der Waals surface area contributed by atoms with E-state index >= 15 is 0 Å². The molecule has 1 spiro atoms. The summed E-state index contributed by atoms with van der Waals surface area (Å²) in [7, 11) is -2.03. The first kappa shape index (κ1) is 29.6. The summed E-state index contributed by atoms with van der Waals surface area (Å²) in [4.78, 5) is 14.4. The van der Waals surface area contributed by atoms with Gasteiger partial charge in [0.15, 0.2) is 8.32 Å². The van der Waals surface area contributed by atoms with Crippen LogP contribution >= 0.6 is 11.6 Å². The lowest BCUT2D eigenvalue weighted by molar-refractivity contribution is -0.134. The summed E-state index contributed by atoms with van der Waals surface area (Å²) in [6.45, 7) is 14.1. The van der Waals surface area contributed by atoms with Gasteiger partial charge in [-0.3, -0.25) is 4.90 Å². The first-order valence-corrected chi connectivity index (χ1v) is 17.1. The summed E-state index contributed by atoms with van der Waals surface area (Å²) in [5.74, 6) is 0.0740. The van der Waals surface area contributed by atoms with E-state index in [1.54, 1.807) is 0 Å². The van der Waals surface area contributed by atoms with Gasteiger partial charge in [-0.25, -0.2) is 4.79 Å². The van der Waals surface area contributed by atoms with Gasteiger partial charge in [0.2, 0.25) is 0 Å². The largest absolute Gasteiger partial charge is 0.478 e. The number of nitrogens with zero attached hydrogens (tertiary/aromatic N) is 1. The molecule has 5 atom stereocenters. The van der Waals surface area contributed by atoms with E-state index in [-0.39, 0.29) is 23.3 Å². The molecule has 0 aromatic heterocycles. The van der Waals surface area contributed by atoms with Crippen molar-refractivity contribution in [2.24, 2.45) is 11.8 Å². The molecular formula is C29H48ClNO4Si. The van der Waals surface area contributed by atoms with E-state index in [1.807, 2.05) is 12.2 Å². The molecule has 1 aliphatic carbocycles. The molecule has 3 aliphatic rings. The molecule has 2 aliphatic heterocycles. The number of halogens is 1. The predicted molar refractivity (Wildman–Crippen MR) is 151 cm³/mol. The number of carboxylic acid groups (broad SMARTS) is 1. The number of hydrogen-bond donors (Lipinski definition) is 2. The number of piperidine rings is 1. The predicted octanol–water partition coefficient (Wildman–Crippen LogP) is 6.88. The smallest absolute Gasteiger partial charge is 0.332 e. The Labute approximate surface area is 224 Å². The van der Waals surface area contributed by atoms with E-state index in [1.165, 1.54) is 25.7 Å². The summed E-state index contributed by atoms with van der Waals surface area (Å²) in [5.41, 5.74) is 0.648. The van der Waals surface area contributed by atoms with Crippen LogP contribution in [0.4, 0.5) is 0 Å². The number of hydrogen-bond acceptors (Lipinski definition) is 4. The van der Waals surface area contributed by atoms with E-state index in [9.17, 15) is 15.0 Å². The third-order valence-electron chi connectivity index (χ3n) is 9.40. The zero-order chi connectivity index (χ0) is 26.7. The molecule has 0 aromatic carbocycles. The van der Waals surface area contributed by atoms with E-state index in [2.05, 4.69) is 57.8 Å². The SMILES string of the molecule is C[C@@H](/C=C/[C@H](/C=C(\Cl)CCO)O[Si](C)(C)C(C)(C)C)[C@@H]1CCC[C@]12CCC[C@@H]1CC=C(C(=O)O)CN12. The molecule has 2 fully saturated rings. The van der Waals surface area contributed by atoms with Gasteiger partial charge in [-0.05, 0) is 68.1 Å². The van der Waals surface area contributed by atoms with Crippen LogP contribution in [0, 0.1) is 11.8 Å². The van der Waals surface area contributed by atoms with Gasteiger partial charge in [0.1, 0.15) is 0 Å². The van der Waals surface area contributed by atoms with Crippen molar-refractivity contribution < 1.29 is 19.4 Å². The minimum atomic E-state index is -2.03. The molecule has 36 heavy (non-hydrogen) atoms. The molecule has 1 saturated carbocycles. The first-order valence-electron chi connectivity index (χ1n) is 13.8. The lowest BCUT2D eigenvalue weighted by atomic mass is 9.70. The molecule has 204 valence electrons. The van der Waals surface area contributed by atoms with Gasteiger partial charge in [-0.2, -0.15) is 0 Å². The lowest BCUT2D eigenvalue weighted by Crippen LogP contribution is -2.61. The van der Waals surface area contributed by atoms with Crippen LogP contribution < -0.4 is 0 Å². The van der Waals surface area contributed by atoms with Crippen molar-refractivity contribution in [1.82, 2.24) is 4.90 Å². The topological polar surface area (TPSA) is 70.0 Å². The Morgan fingerprint density at radius 1 is 1.28 bits per heavy atom. The normalized spacial score (nSPS) is 29.9. The summed E-state index contributed by atoms with van der Waals surface area (Å²) in [6.07, 6.45) is 16.6. The van der Waals surface area contributed by atoms with Gasteiger partial charge in [-0.1, -0.05) is 70.4 Å². The van der Waals surface area contributed by atoms with Crippen molar-refractivity contribution in [1.29, 1.82) is 0 Å². The zero-order valence-electron chi connectivity index (χ0n) is 23.2. The summed E-state index contributed by atoms with van der Waals surface area (Å²) < 4.78 is 6.72. The van der Waals surface area contributed by atoms with E-state index in [0.717, 1.165) is 19.3 Å². The molecule has 1 saturated heterocycles. The van der Waals surface area contributed by atoms with Crippen LogP contribution in [0.25, 0.3) is 0 Å². The molecule has 3 rings (SSSR count). The molecular weight excluding hydrogens is 490 g/mol. The van der Waals surface area contributed by atoms with Crippen LogP contribution in [0.1, 0.15) is 79.1 Å². The average Bonchev–Trinajstić information content (AvgIpc) is 3.20. The van der Waals surface area contributed by atoms with Crippen molar-refractivity contribution in [3.8, 4) is 0 Å². The first-order chi connectivity index (χ1) is 16.8. The summed E-state index contributed by atoms with van der Waals surface area (Å²) in [5, 5.41) is 19.7. The maximum atomic E-state index is 11.8. The fraction of sp³-hybridized carbons (Fsp3) is 0.759. The van der Waals surface area contributed by atoms with Gasteiger partial charge in [-0.15, -0.1) is 0 Å². The molecule has 2 heterocycles. The van der Waals surface area contributed by atoms with Crippen LogP contribution in [0.15, 0.2) is 34.9 Å². The van der Waals surface area contributed by atoms with Gasteiger partial charge in [0.25, 0.3) is 0 Å². The van der Waals surface area contributed by atoms with Crippen LogP contribution in [-0.4, -0.2) is 60.2 Å². The second-order valence-electron chi connectivity index (χ2n) is 12.7. The Kier molecular flexibility index (Phi) is 9.76. The van der Waals surface area contributed by atoms with Crippen LogP contribution in [0.5, 0.6) is 0 Å². The minimum absolute atomic E-state index is 0.0244. The molecule has 0 aromatic rings. The number of carboxylic acids is 1. The monoisotopic (exact) mass is 537 g/mol. The Balaban J connectivity index is 1.84. The molecule has 0 bridgehead atoms. The third-order valence-corrected chi connectivity index (χ3v) is 14.2. The molecule has 7 heteroatoms. The van der Waals surface area contributed by atoms with Crippen LogP contribution in [0.3, 0.4) is 0 Å². The lowest BCUT2D eigenvalue weighted by Gasteiger charge is -2.55. The highest BCUT2D eigenvalue weighted by Gasteiger charge is 2.52. The van der Waals surface area contributed by atoms with Crippen molar-refractivity contribution in [3.63, 3.8) is 0 Å². The van der Waals surface area contributed by atoms with E-state index < -0.39 is 14.3 Å². The molecule has 0 unspecified atom stereocenters. The number of fused-ring (bicyclic) bond motifs is 2. The Bertz CT molecular complexity index is 877. The molecule has 0 amide bonds. The van der Waals surface area contributed by atoms with Crippen molar-refractivity contribution in [3.05, 3.63) is 34.9 Å². The van der Waals surface area contributed by atoms with Crippen molar-refractivity contribution in [2.75, 3.05) is 13.2 Å². The number of carbonyl (C=O) groups is 1. The van der Waals surface area contributed by atoms with Gasteiger partial charge in [0, 0.05) is 41.8 Å². The van der Waals surface area contributed by atoms with Crippen molar-refractivity contribution in [2.45, 2.75) is 115 Å². The van der Waals surface area contributed by atoms with Crippen molar-refractivity contribution >= 4 is 25.9 Å². The number of aliphatic hydroxyl groups is 1. The quantitative estimate of drug-likeness (QED) is 0.248. The zero-order valence-corrected chi connectivity index (χ0v) is 25.0. The second kappa shape index (κ2) is 11.9. The van der Waals surface area contributed by atoms with Gasteiger partial charge in [0.05, 0.1) is 6.10 Å². The Morgan fingerprint density at radius 2 is 1.94 bits per heavy atom. The number of aliphatic carboxylic acids is 1. The standard InChI is InChI=1S/C29H48ClNO4Si/c1-21(11-14-25(19-23(30)15-18-32)35-36(5,6)28(2,3)4)26-10-8-17-29(26)16-7-9-24-13-12-22(27(33)34)20-31(24)29/h11-12,14,19,21,24-26,32H,7-10,13,15-18,20H2,1-6H3,(H,33,34)/b14-11+,23-19-/t21-,24+,25+,26-,29+/m0/s1. The number of aliphatic hydroxyl groups excluding tert-OH is 1. The minimum Gasteiger partial charge on any atom is -0.478 e. The summed E-state index contributed by atoms with van der Waals surface area (Å²) >= 11 is 6.44. The van der Waals surface area contributed by atoms with E-state index in [4.69, 9.17) is 16.0 Å². The van der Waals surface area contributed by atoms with Gasteiger partial charge >= 0.3 is 5.97 Å². The highest BCUT2D eigenvalue weighted by molar-refractivity contribution is 6.74. The molecule has 2 N–H and O–H groups in total. The maximum Gasteiger partial charge on any atom is 0.332 e. The third kappa shape index (κ3) is 6.55. The molecule has 0 radical (unpaired) electrons. The summed E-state index contributed by atoms with van der Waals surface area (Å²) in [6, 6.07) is 0.466. The number of allylic oxidation sites excluding steroid dienone is 1. The maximum absolute atomic E-state index is 11.8. The fourth-order valence-corrected chi connectivity index (χ4v) is 7.84. The Hall–Kier alpha value is -0.923. The highest BCUT2D eigenvalue weighted by atomic mass is 35.5. The van der Waals surface area contributed by atoms with E-state index in [0.29, 0.717) is 41.4 Å². The molecule has 5 nitrogen and oxygen atoms in total. The van der Waals surface area contributed by atoms with Gasteiger partial charge < -0.3 is 14.6 Å². The van der Waals surface area contributed by atoms with Crippen LogP contribution in [-0.2, 0) is 9.22 Å². The number of rotatable bonds is 9. The fourth-order valence-electron chi connectivity index (χ4n) is 6.45. The highest BCUT2D eigenvalue weighted by Crippen LogP contribution is 2.52. The Morgan fingerprint density at radius 3 is 2.56 bits per heavy atom. The second-order valence-corrected chi connectivity index (χ2v) is 18.0. The average molecular weight is 538 g/mol.